The van der Waals surface area contributed by atoms with E-state index >= 15 is 0 Å². The number of halogens is 2. The van der Waals surface area contributed by atoms with Gasteiger partial charge in [0.1, 0.15) is 17.6 Å². The number of benzene rings is 1. The number of fused-ring (bicyclic) bond motifs is 1. The van der Waals surface area contributed by atoms with Gasteiger partial charge in [0, 0.05) is 0 Å². The lowest BCUT2D eigenvalue weighted by atomic mass is 10.2. The van der Waals surface area contributed by atoms with Gasteiger partial charge in [-0.3, -0.25) is 4.57 Å². The number of rotatable bonds is 3. The van der Waals surface area contributed by atoms with Crippen LogP contribution in [-0.2, 0) is 6.54 Å². The SMILES string of the molecule is COc1ccc(Cn2c(Cl)nc3c(Cl)ncnc32)cc1. The number of imidazole rings is 1. The van der Waals surface area contributed by atoms with E-state index in [1.165, 1.54) is 6.33 Å². The van der Waals surface area contributed by atoms with Crippen LogP contribution in [-0.4, -0.2) is 26.6 Å². The normalized spacial score (nSPS) is 10.9. The van der Waals surface area contributed by atoms with Gasteiger partial charge in [-0.25, -0.2) is 15.0 Å². The van der Waals surface area contributed by atoms with Crippen molar-refractivity contribution in [2.24, 2.45) is 0 Å². The lowest BCUT2D eigenvalue weighted by Gasteiger charge is -2.06. The summed E-state index contributed by atoms with van der Waals surface area (Å²) in [6, 6.07) is 7.71. The molecule has 0 N–H and O–H groups in total. The Balaban J connectivity index is 2.01. The summed E-state index contributed by atoms with van der Waals surface area (Å²) in [6.07, 6.45) is 1.40. The fraction of sp³-hybridized carbons (Fsp3) is 0.154. The van der Waals surface area contributed by atoms with Crippen LogP contribution in [0.4, 0.5) is 0 Å². The van der Waals surface area contributed by atoms with Gasteiger partial charge in [0.25, 0.3) is 0 Å². The minimum Gasteiger partial charge on any atom is -0.497 e. The molecule has 0 radical (unpaired) electrons. The van der Waals surface area contributed by atoms with Crippen LogP contribution in [0.1, 0.15) is 5.56 Å². The molecule has 0 fully saturated rings. The molecular formula is C13H10Cl2N4O. The molecule has 102 valence electrons. The van der Waals surface area contributed by atoms with E-state index in [0.717, 1.165) is 11.3 Å². The average Bonchev–Trinajstić information content (AvgIpc) is 2.78. The van der Waals surface area contributed by atoms with E-state index in [2.05, 4.69) is 15.0 Å². The summed E-state index contributed by atoms with van der Waals surface area (Å²) in [4.78, 5) is 12.3. The number of hydrogen-bond acceptors (Lipinski definition) is 4. The van der Waals surface area contributed by atoms with Crippen LogP contribution >= 0.6 is 23.2 Å². The van der Waals surface area contributed by atoms with Crippen molar-refractivity contribution >= 4 is 34.4 Å². The first-order valence-corrected chi connectivity index (χ1v) is 6.60. The zero-order valence-corrected chi connectivity index (χ0v) is 12.1. The highest BCUT2D eigenvalue weighted by atomic mass is 35.5. The van der Waals surface area contributed by atoms with Gasteiger partial charge < -0.3 is 4.74 Å². The van der Waals surface area contributed by atoms with E-state index in [4.69, 9.17) is 27.9 Å². The van der Waals surface area contributed by atoms with E-state index in [0.29, 0.717) is 28.1 Å². The standard InChI is InChI=1S/C13H10Cl2N4O/c1-20-9-4-2-8(3-5-9)6-19-12-10(18-13(19)15)11(14)16-7-17-12/h2-5,7H,6H2,1H3. The molecule has 20 heavy (non-hydrogen) atoms. The van der Waals surface area contributed by atoms with Crippen LogP contribution in [0.15, 0.2) is 30.6 Å². The molecule has 0 aliphatic heterocycles. The molecule has 0 amide bonds. The Labute approximate surface area is 125 Å². The van der Waals surface area contributed by atoms with Crippen LogP contribution in [0, 0.1) is 0 Å². The molecule has 0 bridgehead atoms. The molecule has 0 spiro atoms. The maximum absolute atomic E-state index is 6.15. The number of hydrogen-bond donors (Lipinski definition) is 0. The highest BCUT2D eigenvalue weighted by Crippen LogP contribution is 2.24. The summed E-state index contributed by atoms with van der Waals surface area (Å²) < 4.78 is 6.91. The van der Waals surface area contributed by atoms with E-state index < -0.39 is 0 Å². The molecule has 5 nitrogen and oxygen atoms in total. The molecule has 7 heteroatoms. The first-order chi connectivity index (χ1) is 9.69. The summed E-state index contributed by atoms with van der Waals surface area (Å²) in [5.41, 5.74) is 2.18. The maximum Gasteiger partial charge on any atom is 0.205 e. The molecule has 2 heterocycles. The second kappa shape index (κ2) is 5.26. The van der Waals surface area contributed by atoms with Crippen molar-refractivity contribution in [2.75, 3.05) is 7.11 Å². The summed E-state index contributed by atoms with van der Waals surface area (Å²) in [7, 11) is 1.63. The minimum absolute atomic E-state index is 0.297. The third kappa shape index (κ3) is 2.30. The third-order valence-corrected chi connectivity index (χ3v) is 3.51. The van der Waals surface area contributed by atoms with Crippen LogP contribution in [0.2, 0.25) is 10.4 Å². The fourth-order valence-electron chi connectivity index (χ4n) is 1.94. The predicted octanol–water partition coefficient (Wildman–Crippen LogP) is 3.19. The molecular weight excluding hydrogens is 299 g/mol. The smallest absolute Gasteiger partial charge is 0.205 e. The number of nitrogens with zero attached hydrogens (tertiary/aromatic N) is 4. The van der Waals surface area contributed by atoms with Crippen molar-refractivity contribution in [3.8, 4) is 5.75 Å². The Bertz CT molecular complexity index is 755. The second-order valence-electron chi connectivity index (χ2n) is 4.15. The summed E-state index contributed by atoms with van der Waals surface area (Å²) in [5.74, 6) is 0.806. The Morgan fingerprint density at radius 2 is 1.90 bits per heavy atom. The molecule has 0 saturated carbocycles. The first-order valence-electron chi connectivity index (χ1n) is 5.84. The molecule has 0 unspecified atom stereocenters. The highest BCUT2D eigenvalue weighted by molar-refractivity contribution is 6.34. The van der Waals surface area contributed by atoms with Gasteiger partial charge in [-0.2, -0.15) is 0 Å². The van der Waals surface area contributed by atoms with E-state index in [-0.39, 0.29) is 0 Å². The van der Waals surface area contributed by atoms with Crippen LogP contribution in [0.5, 0.6) is 5.75 Å². The highest BCUT2D eigenvalue weighted by Gasteiger charge is 2.13. The topological polar surface area (TPSA) is 52.8 Å². The van der Waals surface area contributed by atoms with E-state index in [1.54, 1.807) is 11.7 Å². The van der Waals surface area contributed by atoms with E-state index in [1.807, 2.05) is 24.3 Å². The number of ether oxygens (including phenoxy) is 1. The van der Waals surface area contributed by atoms with Gasteiger partial charge in [0.15, 0.2) is 10.8 Å². The maximum atomic E-state index is 6.15. The van der Waals surface area contributed by atoms with Gasteiger partial charge in [-0.15, -0.1) is 0 Å². The third-order valence-electron chi connectivity index (χ3n) is 2.94. The summed E-state index contributed by atoms with van der Waals surface area (Å²) in [5, 5.41) is 0.628. The largest absolute Gasteiger partial charge is 0.497 e. The lowest BCUT2D eigenvalue weighted by Crippen LogP contribution is -2.01. The van der Waals surface area contributed by atoms with Crippen molar-refractivity contribution < 1.29 is 4.74 Å². The van der Waals surface area contributed by atoms with Crippen molar-refractivity contribution in [1.29, 1.82) is 0 Å². The van der Waals surface area contributed by atoms with Gasteiger partial charge in [-0.1, -0.05) is 23.7 Å². The molecule has 0 saturated heterocycles. The van der Waals surface area contributed by atoms with Crippen molar-refractivity contribution in [2.45, 2.75) is 6.54 Å². The average molecular weight is 309 g/mol. The number of aromatic nitrogens is 4. The van der Waals surface area contributed by atoms with Crippen LogP contribution < -0.4 is 4.74 Å². The van der Waals surface area contributed by atoms with E-state index in [9.17, 15) is 0 Å². The Kier molecular flexibility index (Phi) is 3.46. The molecule has 0 aliphatic rings. The van der Waals surface area contributed by atoms with Gasteiger partial charge in [0.05, 0.1) is 13.7 Å². The summed E-state index contributed by atoms with van der Waals surface area (Å²) in [6.45, 7) is 0.548. The van der Waals surface area contributed by atoms with Gasteiger partial charge in [-0.05, 0) is 29.3 Å². The summed E-state index contributed by atoms with van der Waals surface area (Å²) >= 11 is 12.1. The molecule has 3 aromatic rings. The van der Waals surface area contributed by atoms with Crippen molar-refractivity contribution in [3.63, 3.8) is 0 Å². The Morgan fingerprint density at radius 3 is 2.60 bits per heavy atom. The van der Waals surface area contributed by atoms with Crippen LogP contribution in [0.25, 0.3) is 11.2 Å². The fourth-order valence-corrected chi connectivity index (χ4v) is 2.33. The Morgan fingerprint density at radius 1 is 1.15 bits per heavy atom. The first kappa shape index (κ1) is 13.1. The predicted molar refractivity (Wildman–Crippen MR) is 77.4 cm³/mol. The molecule has 0 aliphatic carbocycles. The quantitative estimate of drug-likeness (QED) is 0.551. The molecule has 1 aromatic carbocycles. The van der Waals surface area contributed by atoms with Crippen LogP contribution in [0.3, 0.4) is 0 Å². The Hall–Kier alpha value is -1.85. The zero-order valence-electron chi connectivity index (χ0n) is 10.5. The van der Waals surface area contributed by atoms with Crippen molar-refractivity contribution in [1.82, 2.24) is 19.5 Å². The molecule has 3 rings (SSSR count). The molecule has 2 aromatic heterocycles. The van der Waals surface area contributed by atoms with Gasteiger partial charge >= 0.3 is 0 Å². The van der Waals surface area contributed by atoms with Gasteiger partial charge in [0.2, 0.25) is 5.28 Å². The lowest BCUT2D eigenvalue weighted by molar-refractivity contribution is 0.414. The monoisotopic (exact) mass is 308 g/mol. The molecule has 0 atom stereocenters. The van der Waals surface area contributed by atoms with Crippen molar-refractivity contribution in [3.05, 3.63) is 46.6 Å². The second-order valence-corrected chi connectivity index (χ2v) is 4.85. The zero-order chi connectivity index (χ0) is 14.1. The number of methoxy groups -OCH3 is 1. The minimum atomic E-state index is 0.297.